The van der Waals surface area contributed by atoms with Crippen LogP contribution in [0.25, 0.3) is 0 Å². The molecule has 0 heterocycles. The molecular weight excluding hydrogens is 194 g/mol. The molecular formula is C11H15NO3. The van der Waals surface area contributed by atoms with Crippen LogP contribution in [0, 0.1) is 0 Å². The third-order valence-corrected chi connectivity index (χ3v) is 2.15. The van der Waals surface area contributed by atoms with Crippen molar-refractivity contribution in [2.75, 3.05) is 5.73 Å². The van der Waals surface area contributed by atoms with Crippen LogP contribution in [0.3, 0.4) is 0 Å². The van der Waals surface area contributed by atoms with E-state index in [1.807, 2.05) is 13.8 Å². The summed E-state index contributed by atoms with van der Waals surface area (Å²) in [6.45, 7) is 3.75. The molecule has 1 aromatic rings. The molecule has 1 atom stereocenters. The third-order valence-electron chi connectivity index (χ3n) is 2.15. The Balaban J connectivity index is 2.78. The first-order valence-corrected chi connectivity index (χ1v) is 4.84. The zero-order valence-electron chi connectivity index (χ0n) is 8.86. The number of phenols is 1. The molecule has 0 amide bonds. The van der Waals surface area contributed by atoms with E-state index in [2.05, 4.69) is 0 Å². The lowest BCUT2D eigenvalue weighted by atomic mass is 10.2. The Hall–Kier alpha value is -1.71. The van der Waals surface area contributed by atoms with E-state index in [1.165, 1.54) is 18.2 Å². The fraction of sp³-hybridized carbons (Fsp3) is 0.364. The maximum Gasteiger partial charge on any atom is 0.338 e. The molecule has 0 radical (unpaired) electrons. The highest BCUT2D eigenvalue weighted by molar-refractivity contribution is 5.91. The highest BCUT2D eigenvalue weighted by atomic mass is 16.5. The number of hydrogen-bond donors (Lipinski definition) is 2. The summed E-state index contributed by atoms with van der Waals surface area (Å²) in [5.74, 6) is -0.453. The van der Waals surface area contributed by atoms with Gasteiger partial charge in [-0.2, -0.15) is 0 Å². The van der Waals surface area contributed by atoms with Crippen molar-refractivity contribution in [3.63, 3.8) is 0 Å². The van der Waals surface area contributed by atoms with Gasteiger partial charge in [-0.1, -0.05) is 6.92 Å². The van der Waals surface area contributed by atoms with Crippen LogP contribution < -0.4 is 5.73 Å². The number of phenolic OH excluding ortho intramolecular Hbond substituents is 1. The number of esters is 1. The molecule has 0 aliphatic heterocycles. The van der Waals surface area contributed by atoms with Crippen LogP contribution in [0.5, 0.6) is 5.75 Å². The lowest BCUT2D eigenvalue weighted by Gasteiger charge is -2.11. The lowest BCUT2D eigenvalue weighted by Crippen LogP contribution is -2.14. The average molecular weight is 209 g/mol. The van der Waals surface area contributed by atoms with Crippen LogP contribution >= 0.6 is 0 Å². The zero-order valence-corrected chi connectivity index (χ0v) is 8.86. The monoisotopic (exact) mass is 209 g/mol. The van der Waals surface area contributed by atoms with Crippen LogP contribution in [0.15, 0.2) is 18.2 Å². The van der Waals surface area contributed by atoms with Crippen molar-refractivity contribution in [2.24, 2.45) is 0 Å². The topological polar surface area (TPSA) is 72.5 Å². The molecule has 0 fully saturated rings. The first-order chi connectivity index (χ1) is 7.04. The highest BCUT2D eigenvalue weighted by Gasteiger charge is 2.11. The van der Waals surface area contributed by atoms with Gasteiger partial charge in [-0.05, 0) is 31.5 Å². The minimum absolute atomic E-state index is 0.0323. The first-order valence-electron chi connectivity index (χ1n) is 4.84. The number of benzene rings is 1. The molecule has 4 nitrogen and oxygen atoms in total. The van der Waals surface area contributed by atoms with E-state index in [4.69, 9.17) is 10.5 Å². The predicted octanol–water partition coefficient (Wildman–Crippen LogP) is 1.93. The molecule has 0 aromatic heterocycles. The van der Waals surface area contributed by atoms with Gasteiger partial charge < -0.3 is 15.6 Å². The standard InChI is InChI=1S/C11H15NO3/c1-3-7(2)15-11(14)8-4-5-10(13)9(12)6-8/h4-7,13H,3,12H2,1-2H3. The molecule has 0 aliphatic rings. The molecule has 0 aliphatic carbocycles. The molecule has 0 bridgehead atoms. The molecule has 1 unspecified atom stereocenters. The number of nitrogen functional groups attached to an aromatic ring is 1. The summed E-state index contributed by atoms with van der Waals surface area (Å²) in [7, 11) is 0. The minimum atomic E-state index is -0.420. The van der Waals surface area contributed by atoms with E-state index < -0.39 is 5.97 Å². The number of hydrogen-bond acceptors (Lipinski definition) is 4. The second kappa shape index (κ2) is 4.68. The maximum absolute atomic E-state index is 11.5. The summed E-state index contributed by atoms with van der Waals surface area (Å²) in [5, 5.41) is 9.18. The van der Waals surface area contributed by atoms with Crippen LogP contribution in [0.2, 0.25) is 0 Å². The number of nitrogens with two attached hydrogens (primary N) is 1. The van der Waals surface area contributed by atoms with E-state index >= 15 is 0 Å². The van der Waals surface area contributed by atoms with Crippen molar-refractivity contribution in [1.29, 1.82) is 0 Å². The van der Waals surface area contributed by atoms with E-state index in [1.54, 1.807) is 0 Å². The van der Waals surface area contributed by atoms with Gasteiger partial charge in [0.25, 0.3) is 0 Å². The van der Waals surface area contributed by atoms with Gasteiger partial charge in [0.05, 0.1) is 17.4 Å². The summed E-state index contributed by atoms with van der Waals surface area (Å²) >= 11 is 0. The first kappa shape index (κ1) is 11.4. The van der Waals surface area contributed by atoms with Crippen molar-refractivity contribution in [1.82, 2.24) is 0 Å². The van der Waals surface area contributed by atoms with Crippen molar-refractivity contribution < 1.29 is 14.6 Å². The summed E-state index contributed by atoms with van der Waals surface area (Å²) in [4.78, 5) is 11.5. The fourth-order valence-electron chi connectivity index (χ4n) is 1.02. The summed E-state index contributed by atoms with van der Waals surface area (Å²) in [5.41, 5.74) is 5.99. The molecule has 1 aromatic carbocycles. The summed E-state index contributed by atoms with van der Waals surface area (Å²) < 4.78 is 5.10. The average Bonchev–Trinajstić information content (AvgIpc) is 2.21. The Kier molecular flexibility index (Phi) is 3.55. The van der Waals surface area contributed by atoms with Gasteiger partial charge in [-0.3, -0.25) is 0 Å². The van der Waals surface area contributed by atoms with Crippen molar-refractivity contribution >= 4 is 11.7 Å². The Morgan fingerprint density at radius 2 is 2.27 bits per heavy atom. The number of carbonyl (C=O) groups is 1. The SMILES string of the molecule is CCC(C)OC(=O)c1ccc(O)c(N)c1. The molecule has 0 saturated heterocycles. The zero-order chi connectivity index (χ0) is 11.4. The van der Waals surface area contributed by atoms with Gasteiger partial charge in [0.2, 0.25) is 0 Å². The van der Waals surface area contributed by atoms with Crippen molar-refractivity contribution in [3.8, 4) is 5.75 Å². The predicted molar refractivity (Wildman–Crippen MR) is 57.7 cm³/mol. The lowest BCUT2D eigenvalue weighted by molar-refractivity contribution is 0.0334. The highest BCUT2D eigenvalue weighted by Crippen LogP contribution is 2.21. The largest absolute Gasteiger partial charge is 0.506 e. The number of aromatic hydroxyl groups is 1. The third kappa shape index (κ3) is 2.87. The van der Waals surface area contributed by atoms with Gasteiger partial charge in [0, 0.05) is 0 Å². The fourth-order valence-corrected chi connectivity index (χ4v) is 1.02. The van der Waals surface area contributed by atoms with Crippen LogP contribution in [0.1, 0.15) is 30.6 Å². The number of anilines is 1. The van der Waals surface area contributed by atoms with Gasteiger partial charge in [-0.15, -0.1) is 0 Å². The van der Waals surface area contributed by atoms with Gasteiger partial charge in [-0.25, -0.2) is 4.79 Å². The van der Waals surface area contributed by atoms with Crippen molar-refractivity contribution in [3.05, 3.63) is 23.8 Å². The van der Waals surface area contributed by atoms with Crippen molar-refractivity contribution in [2.45, 2.75) is 26.4 Å². The van der Waals surface area contributed by atoms with Gasteiger partial charge >= 0.3 is 5.97 Å². The Labute approximate surface area is 88.7 Å². The quantitative estimate of drug-likeness (QED) is 0.453. The van der Waals surface area contributed by atoms with Gasteiger partial charge in [0.1, 0.15) is 5.75 Å². The number of carbonyl (C=O) groups excluding carboxylic acids is 1. The van der Waals surface area contributed by atoms with Crippen LogP contribution in [-0.2, 0) is 4.74 Å². The molecule has 3 N–H and O–H groups in total. The normalized spacial score (nSPS) is 12.1. The number of ether oxygens (including phenoxy) is 1. The van der Waals surface area contributed by atoms with E-state index in [0.717, 1.165) is 6.42 Å². The summed E-state index contributed by atoms with van der Waals surface area (Å²) in [6, 6.07) is 4.26. The summed E-state index contributed by atoms with van der Waals surface area (Å²) in [6.07, 6.45) is 0.645. The maximum atomic E-state index is 11.5. The molecule has 0 spiro atoms. The van der Waals surface area contributed by atoms with E-state index in [9.17, 15) is 9.90 Å². The molecule has 4 heteroatoms. The van der Waals surface area contributed by atoms with E-state index in [0.29, 0.717) is 5.56 Å². The Morgan fingerprint density at radius 1 is 1.60 bits per heavy atom. The number of rotatable bonds is 3. The Morgan fingerprint density at radius 3 is 2.80 bits per heavy atom. The van der Waals surface area contributed by atoms with Gasteiger partial charge in [0.15, 0.2) is 0 Å². The van der Waals surface area contributed by atoms with E-state index in [-0.39, 0.29) is 17.5 Å². The molecule has 1 rings (SSSR count). The second-order valence-electron chi connectivity index (χ2n) is 3.40. The molecule has 15 heavy (non-hydrogen) atoms. The van der Waals surface area contributed by atoms with Crippen LogP contribution in [-0.4, -0.2) is 17.2 Å². The van der Waals surface area contributed by atoms with Crippen LogP contribution in [0.4, 0.5) is 5.69 Å². The molecule has 82 valence electrons. The Bertz CT molecular complexity index is 363. The minimum Gasteiger partial charge on any atom is -0.506 e. The molecule has 0 saturated carbocycles. The second-order valence-corrected chi connectivity index (χ2v) is 3.40. The smallest absolute Gasteiger partial charge is 0.338 e.